The van der Waals surface area contributed by atoms with Crippen LogP contribution in [0, 0.1) is 19.8 Å². The minimum Gasteiger partial charge on any atom is -0.444 e. The van der Waals surface area contributed by atoms with Crippen LogP contribution in [0.2, 0.25) is 0 Å². The van der Waals surface area contributed by atoms with Crippen LogP contribution in [-0.4, -0.2) is 36.2 Å². The van der Waals surface area contributed by atoms with Gasteiger partial charge >= 0.3 is 6.09 Å². The van der Waals surface area contributed by atoms with E-state index in [1.54, 1.807) is 0 Å². The summed E-state index contributed by atoms with van der Waals surface area (Å²) in [6.07, 6.45) is 1.92. The van der Waals surface area contributed by atoms with E-state index >= 15 is 0 Å². The molecule has 0 spiro atoms. The third kappa shape index (κ3) is 5.74. The molecule has 0 saturated carbocycles. The van der Waals surface area contributed by atoms with Gasteiger partial charge in [-0.25, -0.2) is 4.79 Å². The molecule has 4 nitrogen and oxygen atoms in total. The van der Waals surface area contributed by atoms with Gasteiger partial charge in [0.1, 0.15) is 5.60 Å². The number of rotatable bonds is 5. The van der Waals surface area contributed by atoms with Crippen LogP contribution in [0.15, 0.2) is 18.2 Å². The van der Waals surface area contributed by atoms with Crippen molar-refractivity contribution in [3.63, 3.8) is 0 Å². The van der Waals surface area contributed by atoms with Crippen LogP contribution in [0.5, 0.6) is 0 Å². The molecule has 4 heteroatoms. The van der Waals surface area contributed by atoms with Crippen molar-refractivity contribution in [3.8, 4) is 0 Å². The maximum Gasteiger partial charge on any atom is 0.410 e. The number of benzene rings is 1. The number of nitrogens with one attached hydrogen (secondary N) is 1. The molecule has 1 N–H and O–H groups in total. The van der Waals surface area contributed by atoms with Gasteiger partial charge in [0.25, 0.3) is 0 Å². The van der Waals surface area contributed by atoms with Gasteiger partial charge in [-0.1, -0.05) is 36.2 Å². The van der Waals surface area contributed by atoms with Gasteiger partial charge in [-0.05, 0) is 65.5 Å². The Balaban J connectivity index is 2.12. The van der Waals surface area contributed by atoms with Crippen molar-refractivity contribution in [2.75, 3.05) is 19.6 Å². The number of ether oxygens (including phenoxy) is 1. The molecular weight excluding hydrogens is 312 g/mol. The zero-order valence-corrected chi connectivity index (χ0v) is 16.7. The van der Waals surface area contributed by atoms with Gasteiger partial charge in [-0.15, -0.1) is 0 Å². The fourth-order valence-corrected chi connectivity index (χ4v) is 3.60. The highest BCUT2D eigenvalue weighted by atomic mass is 16.6. The number of likely N-dealkylation sites (tertiary alicyclic amines) is 1. The van der Waals surface area contributed by atoms with Gasteiger partial charge in [0.05, 0.1) is 0 Å². The normalized spacial score (nSPS) is 19.1. The number of nitrogens with zero attached hydrogens (tertiary/aromatic N) is 1. The number of hydrogen-bond donors (Lipinski definition) is 1. The lowest BCUT2D eigenvalue weighted by Gasteiger charge is -2.27. The predicted octanol–water partition coefficient (Wildman–Crippen LogP) is 4.60. The van der Waals surface area contributed by atoms with E-state index in [0.29, 0.717) is 5.92 Å². The van der Waals surface area contributed by atoms with Gasteiger partial charge in [-0.3, -0.25) is 0 Å². The van der Waals surface area contributed by atoms with Crippen LogP contribution < -0.4 is 5.32 Å². The molecule has 1 aromatic carbocycles. The second-order valence-corrected chi connectivity index (χ2v) is 8.33. The third-order valence-electron chi connectivity index (χ3n) is 4.57. The SMILES string of the molecule is CCCNC(c1cc(C)cc(C)c1)C1CCN(C(=O)OC(C)(C)C)C1. The highest BCUT2D eigenvalue weighted by Gasteiger charge is 2.34. The van der Waals surface area contributed by atoms with E-state index in [2.05, 4.69) is 44.3 Å². The molecule has 0 aliphatic carbocycles. The lowest BCUT2D eigenvalue weighted by Crippen LogP contribution is -2.37. The van der Waals surface area contributed by atoms with Crippen molar-refractivity contribution in [1.82, 2.24) is 10.2 Å². The van der Waals surface area contributed by atoms with Crippen molar-refractivity contribution < 1.29 is 9.53 Å². The van der Waals surface area contributed by atoms with Crippen LogP contribution in [0.25, 0.3) is 0 Å². The molecule has 2 rings (SSSR count). The number of aryl methyl sites for hydroxylation is 2. The monoisotopic (exact) mass is 346 g/mol. The van der Waals surface area contributed by atoms with Gasteiger partial charge in [0.2, 0.25) is 0 Å². The van der Waals surface area contributed by atoms with Gasteiger partial charge in [0.15, 0.2) is 0 Å². The van der Waals surface area contributed by atoms with Crippen LogP contribution >= 0.6 is 0 Å². The van der Waals surface area contributed by atoms with E-state index in [4.69, 9.17) is 4.74 Å². The molecule has 0 bridgehead atoms. The molecule has 1 fully saturated rings. The molecule has 1 amide bonds. The van der Waals surface area contributed by atoms with E-state index in [0.717, 1.165) is 32.5 Å². The second-order valence-electron chi connectivity index (χ2n) is 8.33. The Morgan fingerprint density at radius 2 is 1.92 bits per heavy atom. The Morgan fingerprint density at radius 3 is 2.48 bits per heavy atom. The van der Waals surface area contributed by atoms with Crippen LogP contribution in [0.1, 0.15) is 63.3 Å². The summed E-state index contributed by atoms with van der Waals surface area (Å²) in [4.78, 5) is 14.2. The molecule has 2 unspecified atom stereocenters. The van der Waals surface area contributed by atoms with Crippen molar-refractivity contribution >= 4 is 6.09 Å². The van der Waals surface area contributed by atoms with Crippen LogP contribution in [0.3, 0.4) is 0 Å². The highest BCUT2D eigenvalue weighted by molar-refractivity contribution is 5.68. The average molecular weight is 347 g/mol. The maximum absolute atomic E-state index is 12.4. The number of amides is 1. The molecule has 1 saturated heterocycles. The average Bonchev–Trinajstić information content (AvgIpc) is 2.95. The first-order valence-electron chi connectivity index (χ1n) is 9.49. The quantitative estimate of drug-likeness (QED) is 0.847. The summed E-state index contributed by atoms with van der Waals surface area (Å²) in [6, 6.07) is 7.04. The topological polar surface area (TPSA) is 41.6 Å². The van der Waals surface area contributed by atoms with E-state index < -0.39 is 5.60 Å². The van der Waals surface area contributed by atoms with E-state index in [1.165, 1.54) is 16.7 Å². The van der Waals surface area contributed by atoms with Gasteiger partial charge < -0.3 is 15.0 Å². The van der Waals surface area contributed by atoms with Crippen LogP contribution in [0.4, 0.5) is 4.79 Å². The fourth-order valence-electron chi connectivity index (χ4n) is 3.60. The summed E-state index contributed by atoms with van der Waals surface area (Å²) in [5.41, 5.74) is 3.48. The molecule has 1 aromatic rings. The Morgan fingerprint density at radius 1 is 1.28 bits per heavy atom. The van der Waals surface area contributed by atoms with E-state index in [-0.39, 0.29) is 12.1 Å². The maximum atomic E-state index is 12.4. The molecule has 140 valence electrons. The van der Waals surface area contributed by atoms with Crippen molar-refractivity contribution in [3.05, 3.63) is 34.9 Å². The summed E-state index contributed by atoms with van der Waals surface area (Å²) in [7, 11) is 0. The molecule has 2 atom stereocenters. The standard InChI is InChI=1S/C21H34N2O2/c1-7-9-22-19(18-12-15(2)11-16(3)13-18)17-8-10-23(14-17)20(24)25-21(4,5)6/h11-13,17,19,22H,7-10,14H2,1-6H3. The summed E-state index contributed by atoms with van der Waals surface area (Å²) in [6.45, 7) is 14.7. The van der Waals surface area contributed by atoms with Crippen molar-refractivity contribution in [1.29, 1.82) is 0 Å². The number of carbonyl (C=O) groups excluding carboxylic acids is 1. The predicted molar refractivity (Wildman–Crippen MR) is 103 cm³/mol. The second kappa shape index (κ2) is 8.22. The Kier molecular flexibility index (Phi) is 6.50. The smallest absolute Gasteiger partial charge is 0.410 e. The molecule has 1 heterocycles. The summed E-state index contributed by atoms with van der Waals surface area (Å²) < 4.78 is 5.54. The summed E-state index contributed by atoms with van der Waals surface area (Å²) >= 11 is 0. The summed E-state index contributed by atoms with van der Waals surface area (Å²) in [5.74, 6) is 0.417. The lowest BCUT2D eigenvalue weighted by molar-refractivity contribution is 0.0285. The molecular formula is C21H34N2O2. The number of hydrogen-bond acceptors (Lipinski definition) is 3. The Hall–Kier alpha value is -1.55. The molecule has 25 heavy (non-hydrogen) atoms. The lowest BCUT2D eigenvalue weighted by atomic mass is 9.90. The van der Waals surface area contributed by atoms with Crippen molar-refractivity contribution in [2.45, 2.75) is 66.0 Å². The number of carbonyl (C=O) groups is 1. The first-order chi connectivity index (χ1) is 11.7. The third-order valence-corrected chi connectivity index (χ3v) is 4.57. The molecule has 0 radical (unpaired) electrons. The van der Waals surface area contributed by atoms with E-state index in [9.17, 15) is 4.79 Å². The van der Waals surface area contributed by atoms with E-state index in [1.807, 2.05) is 25.7 Å². The highest BCUT2D eigenvalue weighted by Crippen LogP contribution is 2.32. The van der Waals surface area contributed by atoms with Crippen molar-refractivity contribution in [2.24, 2.45) is 5.92 Å². The Labute approximate surface area is 152 Å². The molecule has 0 aromatic heterocycles. The minimum absolute atomic E-state index is 0.190. The molecule has 1 aliphatic rings. The fraction of sp³-hybridized carbons (Fsp3) is 0.667. The first-order valence-corrected chi connectivity index (χ1v) is 9.49. The van der Waals surface area contributed by atoms with Gasteiger partial charge in [0, 0.05) is 19.1 Å². The minimum atomic E-state index is -0.442. The first kappa shape index (κ1) is 19.8. The van der Waals surface area contributed by atoms with Crippen LogP contribution in [-0.2, 0) is 4.74 Å². The largest absolute Gasteiger partial charge is 0.444 e. The molecule has 1 aliphatic heterocycles. The zero-order valence-electron chi connectivity index (χ0n) is 16.7. The van der Waals surface area contributed by atoms with Gasteiger partial charge in [-0.2, -0.15) is 0 Å². The zero-order chi connectivity index (χ0) is 18.6. The Bertz CT molecular complexity index is 572. The summed E-state index contributed by atoms with van der Waals surface area (Å²) in [5, 5.41) is 3.71.